The molecule has 1 aliphatic carbocycles. The van der Waals surface area contributed by atoms with Crippen molar-refractivity contribution in [2.75, 3.05) is 13.1 Å². The molecule has 166 valence electrons. The standard InChI is InChI=1S/C26H28BrN3O2/c27-22-10-9-19-11-13-29(24(19)15-22)14-12-28-25(31)20-7-5-18(6-8-20)16-30-17-21-3-1-2-4-23(21)26(30)32/h1-4,9-11,13,15,18,20H,5-8,12,14,16-17H2,(H,28,31). The fourth-order valence-corrected chi connectivity index (χ4v) is 5.53. The average molecular weight is 494 g/mol. The monoisotopic (exact) mass is 493 g/mol. The molecule has 5 rings (SSSR count). The van der Waals surface area contributed by atoms with Gasteiger partial charge in [0.15, 0.2) is 0 Å². The van der Waals surface area contributed by atoms with Gasteiger partial charge in [0, 0.05) is 53.8 Å². The van der Waals surface area contributed by atoms with E-state index in [1.807, 2.05) is 35.2 Å². The van der Waals surface area contributed by atoms with E-state index in [0.29, 0.717) is 12.5 Å². The van der Waals surface area contributed by atoms with Gasteiger partial charge in [0.05, 0.1) is 0 Å². The number of halogens is 1. The van der Waals surface area contributed by atoms with E-state index in [2.05, 4.69) is 50.2 Å². The average Bonchev–Trinajstić information content (AvgIpc) is 3.35. The Hall–Kier alpha value is -2.60. The van der Waals surface area contributed by atoms with Crippen molar-refractivity contribution in [3.05, 3.63) is 70.3 Å². The summed E-state index contributed by atoms with van der Waals surface area (Å²) in [6, 6.07) is 16.3. The van der Waals surface area contributed by atoms with Crippen LogP contribution in [0.3, 0.4) is 0 Å². The van der Waals surface area contributed by atoms with E-state index >= 15 is 0 Å². The first-order chi connectivity index (χ1) is 15.6. The molecular formula is C26H28BrN3O2. The van der Waals surface area contributed by atoms with Gasteiger partial charge in [-0.15, -0.1) is 0 Å². The maximum atomic E-state index is 12.7. The highest BCUT2D eigenvalue weighted by atomic mass is 79.9. The maximum absolute atomic E-state index is 12.7. The van der Waals surface area contributed by atoms with Crippen LogP contribution in [0.25, 0.3) is 10.9 Å². The first-order valence-corrected chi connectivity index (χ1v) is 12.3. The summed E-state index contributed by atoms with van der Waals surface area (Å²) in [6.07, 6.45) is 5.91. The maximum Gasteiger partial charge on any atom is 0.254 e. The van der Waals surface area contributed by atoms with Gasteiger partial charge in [-0.25, -0.2) is 0 Å². The highest BCUT2D eigenvalue weighted by Gasteiger charge is 2.31. The van der Waals surface area contributed by atoms with E-state index in [-0.39, 0.29) is 17.7 Å². The molecule has 0 saturated heterocycles. The summed E-state index contributed by atoms with van der Waals surface area (Å²) in [7, 11) is 0. The van der Waals surface area contributed by atoms with Crippen molar-refractivity contribution in [3.8, 4) is 0 Å². The van der Waals surface area contributed by atoms with Crippen molar-refractivity contribution in [3.63, 3.8) is 0 Å². The summed E-state index contributed by atoms with van der Waals surface area (Å²) in [5, 5.41) is 4.35. The lowest BCUT2D eigenvalue weighted by atomic mass is 9.81. The molecule has 1 N–H and O–H groups in total. The van der Waals surface area contributed by atoms with Gasteiger partial charge in [0.25, 0.3) is 5.91 Å². The molecule has 0 spiro atoms. The molecule has 2 aliphatic rings. The number of nitrogens with zero attached hydrogens (tertiary/aromatic N) is 2. The molecule has 6 heteroatoms. The Labute approximate surface area is 196 Å². The third kappa shape index (κ3) is 4.33. The third-order valence-electron chi connectivity index (χ3n) is 6.98. The second-order valence-corrected chi connectivity index (χ2v) is 9.98. The van der Waals surface area contributed by atoms with E-state index in [9.17, 15) is 9.59 Å². The highest BCUT2D eigenvalue weighted by molar-refractivity contribution is 9.10. The van der Waals surface area contributed by atoms with E-state index < -0.39 is 0 Å². The van der Waals surface area contributed by atoms with Crippen LogP contribution in [0.4, 0.5) is 0 Å². The van der Waals surface area contributed by atoms with Gasteiger partial charge in [-0.3, -0.25) is 9.59 Å². The molecule has 1 aromatic heterocycles. The molecule has 0 bridgehead atoms. The quantitative estimate of drug-likeness (QED) is 0.526. The smallest absolute Gasteiger partial charge is 0.254 e. The van der Waals surface area contributed by atoms with Crippen LogP contribution in [-0.2, 0) is 17.9 Å². The minimum atomic E-state index is 0.0910. The Morgan fingerprint density at radius 2 is 1.88 bits per heavy atom. The van der Waals surface area contributed by atoms with Crippen molar-refractivity contribution in [1.29, 1.82) is 0 Å². The Morgan fingerprint density at radius 3 is 2.69 bits per heavy atom. The first kappa shape index (κ1) is 21.3. The van der Waals surface area contributed by atoms with Gasteiger partial charge in [-0.05, 0) is 66.8 Å². The molecular weight excluding hydrogens is 466 g/mol. The third-order valence-corrected chi connectivity index (χ3v) is 7.47. The van der Waals surface area contributed by atoms with E-state index in [1.165, 1.54) is 10.9 Å². The number of carbonyl (C=O) groups excluding carboxylic acids is 2. The minimum absolute atomic E-state index is 0.0910. The number of hydrogen-bond donors (Lipinski definition) is 1. The molecule has 0 atom stereocenters. The van der Waals surface area contributed by atoms with Gasteiger partial charge in [-0.1, -0.05) is 40.2 Å². The Balaban J connectivity index is 1.07. The van der Waals surface area contributed by atoms with Crippen LogP contribution in [0.15, 0.2) is 59.2 Å². The van der Waals surface area contributed by atoms with Crippen LogP contribution in [-0.4, -0.2) is 34.4 Å². The Morgan fingerprint density at radius 1 is 1.06 bits per heavy atom. The van der Waals surface area contributed by atoms with Crippen LogP contribution in [0, 0.1) is 11.8 Å². The number of nitrogens with one attached hydrogen (secondary N) is 1. The molecule has 2 amide bonds. The molecule has 1 aliphatic heterocycles. The van der Waals surface area contributed by atoms with Gasteiger partial charge in [0.2, 0.25) is 5.91 Å². The molecule has 0 radical (unpaired) electrons. The molecule has 1 saturated carbocycles. The molecule has 2 aromatic carbocycles. The van der Waals surface area contributed by atoms with Crippen LogP contribution in [0.1, 0.15) is 41.6 Å². The topological polar surface area (TPSA) is 54.3 Å². The minimum Gasteiger partial charge on any atom is -0.354 e. The lowest BCUT2D eigenvalue weighted by Crippen LogP contribution is -2.37. The van der Waals surface area contributed by atoms with Gasteiger partial charge in [-0.2, -0.15) is 0 Å². The number of aromatic nitrogens is 1. The van der Waals surface area contributed by atoms with Crippen molar-refractivity contribution in [1.82, 2.24) is 14.8 Å². The predicted molar refractivity (Wildman–Crippen MR) is 129 cm³/mol. The second-order valence-electron chi connectivity index (χ2n) is 9.06. The zero-order chi connectivity index (χ0) is 22.1. The predicted octanol–water partition coefficient (Wildman–Crippen LogP) is 4.98. The summed E-state index contributed by atoms with van der Waals surface area (Å²) >= 11 is 3.53. The van der Waals surface area contributed by atoms with Crippen LogP contribution >= 0.6 is 15.9 Å². The SMILES string of the molecule is O=C(NCCn1ccc2ccc(Br)cc21)C1CCC(CN2Cc3ccccc3C2=O)CC1. The number of fused-ring (bicyclic) bond motifs is 2. The van der Waals surface area contributed by atoms with Crippen molar-refractivity contribution in [2.24, 2.45) is 11.8 Å². The lowest BCUT2D eigenvalue weighted by Gasteiger charge is -2.30. The molecule has 32 heavy (non-hydrogen) atoms. The second kappa shape index (κ2) is 9.10. The fourth-order valence-electron chi connectivity index (χ4n) is 5.18. The number of carbonyl (C=O) groups is 2. The number of hydrogen-bond acceptors (Lipinski definition) is 2. The van der Waals surface area contributed by atoms with Crippen molar-refractivity contribution < 1.29 is 9.59 Å². The molecule has 3 aromatic rings. The van der Waals surface area contributed by atoms with E-state index in [1.54, 1.807) is 0 Å². The van der Waals surface area contributed by atoms with E-state index in [4.69, 9.17) is 0 Å². The van der Waals surface area contributed by atoms with Gasteiger partial charge < -0.3 is 14.8 Å². The van der Waals surface area contributed by atoms with Crippen molar-refractivity contribution >= 4 is 38.6 Å². The largest absolute Gasteiger partial charge is 0.354 e. The molecule has 1 fully saturated rings. The van der Waals surface area contributed by atoms with Crippen molar-refractivity contribution in [2.45, 2.75) is 38.8 Å². The first-order valence-electron chi connectivity index (χ1n) is 11.5. The zero-order valence-corrected chi connectivity index (χ0v) is 19.7. The van der Waals surface area contributed by atoms with Gasteiger partial charge >= 0.3 is 0 Å². The summed E-state index contributed by atoms with van der Waals surface area (Å²) in [5.41, 5.74) is 3.16. The van der Waals surface area contributed by atoms with Crippen LogP contribution in [0.5, 0.6) is 0 Å². The zero-order valence-electron chi connectivity index (χ0n) is 18.1. The molecule has 0 unspecified atom stereocenters. The Bertz CT molecular complexity index is 1150. The summed E-state index contributed by atoms with van der Waals surface area (Å²) in [6.45, 7) is 2.92. The molecule has 5 nitrogen and oxygen atoms in total. The summed E-state index contributed by atoms with van der Waals surface area (Å²) < 4.78 is 3.24. The summed E-state index contributed by atoms with van der Waals surface area (Å²) in [5.74, 6) is 0.908. The van der Waals surface area contributed by atoms with Crippen LogP contribution in [0.2, 0.25) is 0 Å². The lowest BCUT2D eigenvalue weighted by molar-refractivity contribution is -0.126. The van der Waals surface area contributed by atoms with E-state index in [0.717, 1.165) is 60.9 Å². The van der Waals surface area contributed by atoms with Gasteiger partial charge in [0.1, 0.15) is 0 Å². The number of amides is 2. The molecule has 2 heterocycles. The Kier molecular flexibility index (Phi) is 6.05. The highest BCUT2D eigenvalue weighted by Crippen LogP contribution is 2.32. The number of benzene rings is 2. The number of rotatable bonds is 6. The normalized spacial score (nSPS) is 20.5. The van der Waals surface area contributed by atoms with Crippen LogP contribution < -0.4 is 5.32 Å². The fraction of sp³-hybridized carbons (Fsp3) is 0.385. The summed E-state index contributed by atoms with van der Waals surface area (Å²) in [4.78, 5) is 27.3.